The van der Waals surface area contributed by atoms with Gasteiger partial charge in [0.2, 0.25) is 0 Å². The number of ether oxygens (including phenoxy) is 2. The van der Waals surface area contributed by atoms with E-state index in [4.69, 9.17) is 21.1 Å². The monoisotopic (exact) mass is 615 g/mol. The van der Waals surface area contributed by atoms with Crippen LogP contribution in [0.4, 0.5) is 0 Å². The van der Waals surface area contributed by atoms with Crippen molar-refractivity contribution < 1.29 is 19.1 Å². The van der Waals surface area contributed by atoms with Crippen molar-refractivity contribution in [2.45, 2.75) is 53.6 Å². The van der Waals surface area contributed by atoms with Crippen LogP contribution in [0.25, 0.3) is 22.0 Å². The van der Waals surface area contributed by atoms with E-state index in [-0.39, 0.29) is 25.0 Å². The Morgan fingerprint density at radius 1 is 1.07 bits per heavy atom. The molecule has 0 saturated carbocycles. The van der Waals surface area contributed by atoms with Gasteiger partial charge in [0.15, 0.2) is 0 Å². The average molecular weight is 616 g/mol. The van der Waals surface area contributed by atoms with Gasteiger partial charge >= 0.3 is 5.97 Å². The number of amides is 1. The number of carbonyl (C=O) groups is 2. The summed E-state index contributed by atoms with van der Waals surface area (Å²) in [5.74, 6) is 0.199. The Bertz CT molecular complexity index is 1820. The maximum atomic E-state index is 13.8. The van der Waals surface area contributed by atoms with Crippen molar-refractivity contribution in [3.05, 3.63) is 93.2 Å². The second-order valence-electron chi connectivity index (χ2n) is 11.1. The molecule has 44 heavy (non-hydrogen) atoms. The molecule has 0 aliphatic heterocycles. The van der Waals surface area contributed by atoms with Gasteiger partial charge in [-0.2, -0.15) is 5.10 Å². The molecule has 3 heterocycles. The number of hydrogen-bond donors (Lipinski definition) is 2. The highest BCUT2D eigenvalue weighted by Gasteiger charge is 2.22. The highest BCUT2D eigenvalue weighted by Crippen LogP contribution is 2.35. The second-order valence-corrected chi connectivity index (χ2v) is 11.5. The number of halogens is 1. The number of aromatic amines is 1. The minimum absolute atomic E-state index is 0.0756. The lowest BCUT2D eigenvalue weighted by Crippen LogP contribution is -2.26. The van der Waals surface area contributed by atoms with Gasteiger partial charge < -0.3 is 24.3 Å². The lowest BCUT2D eigenvalue weighted by Gasteiger charge is -2.11. The Morgan fingerprint density at radius 3 is 2.50 bits per heavy atom. The van der Waals surface area contributed by atoms with E-state index in [9.17, 15) is 9.59 Å². The highest BCUT2D eigenvalue weighted by atomic mass is 35.5. The summed E-state index contributed by atoms with van der Waals surface area (Å²) >= 11 is 6.33. The number of hydrogen-bond acceptors (Lipinski definition) is 5. The first-order chi connectivity index (χ1) is 21.1. The minimum Gasteiger partial charge on any atom is -0.494 e. The molecular weight excluding hydrogens is 578 g/mol. The van der Waals surface area contributed by atoms with E-state index in [0.29, 0.717) is 25.1 Å². The molecule has 0 radical (unpaired) electrons. The number of para-hydroxylation sites is 1. The van der Waals surface area contributed by atoms with Crippen molar-refractivity contribution in [1.82, 2.24) is 24.6 Å². The fourth-order valence-electron chi connectivity index (χ4n) is 5.75. The zero-order chi connectivity index (χ0) is 31.5. The number of fused-ring (bicyclic) bond motifs is 1. The molecule has 3 aromatic heterocycles. The summed E-state index contributed by atoms with van der Waals surface area (Å²) in [6.07, 6.45) is 3.12. The van der Waals surface area contributed by atoms with E-state index < -0.39 is 0 Å². The van der Waals surface area contributed by atoms with Crippen LogP contribution in [-0.2, 0) is 36.1 Å². The molecule has 5 rings (SSSR count). The molecular formula is C34H38ClN5O4. The molecule has 0 aliphatic carbocycles. The number of nitrogens with zero attached hydrogens (tertiary/aromatic N) is 3. The summed E-state index contributed by atoms with van der Waals surface area (Å²) in [6.45, 7) is 8.79. The zero-order valence-electron chi connectivity index (χ0n) is 26.0. The third-order valence-electron chi connectivity index (χ3n) is 8.08. The number of esters is 1. The number of aryl methyl sites for hydroxylation is 5. The number of methoxy groups -OCH3 is 1. The first-order valence-electron chi connectivity index (χ1n) is 14.6. The molecule has 0 bridgehead atoms. The highest BCUT2D eigenvalue weighted by molar-refractivity contribution is 6.32. The molecule has 10 heteroatoms. The Labute approximate surface area is 262 Å². The summed E-state index contributed by atoms with van der Waals surface area (Å²) < 4.78 is 14.5. The van der Waals surface area contributed by atoms with Gasteiger partial charge in [-0.05, 0) is 81.5 Å². The van der Waals surface area contributed by atoms with E-state index in [1.807, 2.05) is 69.8 Å². The third kappa shape index (κ3) is 6.24. The molecule has 2 N–H and O–H groups in total. The number of H-pyrrole nitrogens is 1. The van der Waals surface area contributed by atoms with Crippen LogP contribution < -0.4 is 10.1 Å². The molecule has 1 amide bonds. The van der Waals surface area contributed by atoms with Gasteiger partial charge in [0.1, 0.15) is 18.0 Å². The fraction of sp³-hybridized carbons (Fsp3) is 0.324. The Kier molecular flexibility index (Phi) is 9.15. The van der Waals surface area contributed by atoms with Crippen molar-refractivity contribution in [3.63, 3.8) is 0 Å². The number of nitrogens with one attached hydrogen (secondary N) is 2. The molecule has 0 atom stereocenters. The van der Waals surface area contributed by atoms with Gasteiger partial charge in [0, 0.05) is 46.2 Å². The standard InChI is InChI=1S/C34H38ClN5O4/c1-20-16-25(17-21(2)31(20)35)44-15-9-13-27-26-11-7-12-28(30-22(3)38-39(5)23(30)4)32(26)37-33(27)34(42)36-18-24-10-8-14-40(24)19-29(41)43-6/h7-8,10-12,14,16-17,37H,9,13,15,18-19H2,1-6H3,(H,36,42). The largest absolute Gasteiger partial charge is 0.494 e. The zero-order valence-corrected chi connectivity index (χ0v) is 26.8. The number of carbonyl (C=O) groups excluding carboxylic acids is 2. The summed E-state index contributed by atoms with van der Waals surface area (Å²) in [4.78, 5) is 29.1. The van der Waals surface area contributed by atoms with E-state index in [2.05, 4.69) is 27.5 Å². The molecule has 0 aliphatic rings. The molecule has 5 aromatic rings. The maximum absolute atomic E-state index is 13.8. The van der Waals surface area contributed by atoms with Crippen molar-refractivity contribution in [2.24, 2.45) is 7.05 Å². The predicted molar refractivity (Wildman–Crippen MR) is 172 cm³/mol. The third-order valence-corrected chi connectivity index (χ3v) is 8.67. The molecule has 0 saturated heterocycles. The summed E-state index contributed by atoms with van der Waals surface area (Å²) in [5, 5.41) is 9.41. The summed E-state index contributed by atoms with van der Waals surface area (Å²) in [7, 11) is 3.29. The Hall–Kier alpha value is -4.50. The summed E-state index contributed by atoms with van der Waals surface area (Å²) in [6, 6.07) is 13.7. The van der Waals surface area contributed by atoms with E-state index in [1.165, 1.54) is 7.11 Å². The van der Waals surface area contributed by atoms with Gasteiger partial charge in [-0.1, -0.05) is 29.8 Å². The molecule has 0 unspecified atom stereocenters. The van der Waals surface area contributed by atoms with Crippen molar-refractivity contribution in [1.29, 1.82) is 0 Å². The van der Waals surface area contributed by atoms with Crippen molar-refractivity contribution in [2.75, 3.05) is 13.7 Å². The lowest BCUT2D eigenvalue weighted by molar-refractivity contribution is -0.141. The number of rotatable bonds is 11. The summed E-state index contributed by atoms with van der Waals surface area (Å²) in [5.41, 5.74) is 9.10. The Morgan fingerprint density at radius 2 is 1.82 bits per heavy atom. The molecule has 230 valence electrons. The van der Waals surface area contributed by atoms with Gasteiger partial charge in [0.25, 0.3) is 5.91 Å². The average Bonchev–Trinajstić information content (AvgIpc) is 3.67. The maximum Gasteiger partial charge on any atom is 0.325 e. The molecule has 0 spiro atoms. The van der Waals surface area contributed by atoms with Crippen LogP contribution in [0.2, 0.25) is 5.02 Å². The predicted octanol–water partition coefficient (Wildman–Crippen LogP) is 6.37. The molecule has 9 nitrogen and oxygen atoms in total. The normalized spacial score (nSPS) is 11.2. The van der Waals surface area contributed by atoms with Crippen molar-refractivity contribution >= 4 is 34.4 Å². The quantitative estimate of drug-likeness (QED) is 0.133. The van der Waals surface area contributed by atoms with Crippen LogP contribution in [0, 0.1) is 27.7 Å². The fourth-order valence-corrected chi connectivity index (χ4v) is 5.86. The molecule has 2 aromatic carbocycles. The second kappa shape index (κ2) is 13.0. The first kappa shape index (κ1) is 30.9. The minimum atomic E-state index is -0.355. The topological polar surface area (TPSA) is 103 Å². The lowest BCUT2D eigenvalue weighted by atomic mass is 9.98. The van der Waals surface area contributed by atoms with Crippen LogP contribution in [0.5, 0.6) is 5.75 Å². The smallest absolute Gasteiger partial charge is 0.325 e. The van der Waals surface area contributed by atoms with Crippen molar-refractivity contribution in [3.8, 4) is 16.9 Å². The first-order valence-corrected chi connectivity index (χ1v) is 15.0. The van der Waals surface area contributed by atoms with Crippen LogP contribution in [0.15, 0.2) is 48.7 Å². The van der Waals surface area contributed by atoms with Crippen LogP contribution >= 0.6 is 11.6 Å². The SMILES string of the molecule is COC(=O)Cn1cccc1CNC(=O)c1[nH]c2c(-c3c(C)nn(C)c3C)cccc2c1CCCOc1cc(C)c(Cl)c(C)c1. The van der Waals surface area contributed by atoms with Gasteiger partial charge in [-0.15, -0.1) is 0 Å². The van der Waals surface area contributed by atoms with E-state index in [1.54, 1.807) is 10.8 Å². The van der Waals surface area contributed by atoms with Crippen LogP contribution in [0.1, 0.15) is 50.7 Å². The van der Waals surface area contributed by atoms with Gasteiger partial charge in [-0.25, -0.2) is 0 Å². The van der Waals surface area contributed by atoms with Gasteiger partial charge in [-0.3, -0.25) is 14.3 Å². The van der Waals surface area contributed by atoms with E-state index >= 15 is 0 Å². The Balaban J connectivity index is 1.44. The number of aromatic nitrogens is 4. The molecule has 0 fully saturated rings. The van der Waals surface area contributed by atoms with E-state index in [0.717, 1.165) is 66.6 Å². The van der Waals surface area contributed by atoms with Crippen LogP contribution in [0.3, 0.4) is 0 Å². The van der Waals surface area contributed by atoms with Gasteiger partial charge in [0.05, 0.1) is 31.5 Å². The van der Waals surface area contributed by atoms with Crippen LogP contribution in [-0.4, -0.2) is 44.9 Å². The number of benzene rings is 2.